The molecule has 0 bridgehead atoms. The number of hydrogen-bond acceptors (Lipinski definition) is 3. The number of rotatable bonds is 3. The third-order valence-corrected chi connectivity index (χ3v) is 2.88. The van der Waals surface area contributed by atoms with Gasteiger partial charge in [-0.15, -0.1) is 24.8 Å². The summed E-state index contributed by atoms with van der Waals surface area (Å²) in [6.45, 7) is 2.92. The Balaban J connectivity index is 0.00000144. The third kappa shape index (κ3) is 4.80. The van der Waals surface area contributed by atoms with Gasteiger partial charge in [-0.3, -0.25) is 9.78 Å². The lowest BCUT2D eigenvalue weighted by Gasteiger charge is -2.11. The molecule has 6 heteroatoms. The Kier molecular flexibility index (Phi) is 7.91. The van der Waals surface area contributed by atoms with E-state index in [0.29, 0.717) is 12.5 Å². The van der Waals surface area contributed by atoms with E-state index in [1.165, 1.54) is 6.42 Å². The van der Waals surface area contributed by atoms with Gasteiger partial charge >= 0.3 is 0 Å². The Bertz CT molecular complexity index is 381. The molecule has 1 amide bonds. The maximum absolute atomic E-state index is 11.7. The number of aromatic nitrogens is 1. The molecule has 102 valence electrons. The topological polar surface area (TPSA) is 54.0 Å². The standard InChI is InChI=1S/C12H17N3O.2ClH/c1-9-11(5-3-6-13-9)15-12(16)8-10-4-2-7-14-10;;/h3,5-6,10,14H,2,4,7-8H2,1H3,(H,15,16);2*1H. The van der Waals surface area contributed by atoms with Crippen molar-refractivity contribution in [3.05, 3.63) is 24.0 Å². The van der Waals surface area contributed by atoms with Gasteiger partial charge in [0, 0.05) is 18.7 Å². The molecule has 2 heterocycles. The molecule has 1 aliphatic rings. The predicted molar refractivity (Wildman–Crippen MR) is 77.7 cm³/mol. The molecule has 1 fully saturated rings. The number of pyridine rings is 1. The molecular formula is C12H19Cl2N3O. The van der Waals surface area contributed by atoms with E-state index in [9.17, 15) is 4.79 Å². The number of halogens is 2. The van der Waals surface area contributed by atoms with Gasteiger partial charge in [-0.1, -0.05) is 0 Å². The molecule has 0 spiro atoms. The Morgan fingerprint density at radius 1 is 1.56 bits per heavy atom. The van der Waals surface area contributed by atoms with Crippen LogP contribution in [0.25, 0.3) is 0 Å². The first-order valence-corrected chi connectivity index (χ1v) is 5.70. The van der Waals surface area contributed by atoms with Crippen molar-refractivity contribution < 1.29 is 4.79 Å². The van der Waals surface area contributed by atoms with Crippen molar-refractivity contribution in [2.75, 3.05) is 11.9 Å². The quantitative estimate of drug-likeness (QED) is 0.899. The Morgan fingerprint density at radius 3 is 2.94 bits per heavy atom. The van der Waals surface area contributed by atoms with Crippen LogP contribution in [0.5, 0.6) is 0 Å². The first kappa shape index (κ1) is 17.2. The third-order valence-electron chi connectivity index (χ3n) is 2.88. The molecular weight excluding hydrogens is 273 g/mol. The van der Waals surface area contributed by atoms with Crippen LogP contribution in [-0.4, -0.2) is 23.5 Å². The van der Waals surface area contributed by atoms with Gasteiger partial charge < -0.3 is 10.6 Å². The fourth-order valence-corrected chi connectivity index (χ4v) is 1.97. The van der Waals surface area contributed by atoms with E-state index < -0.39 is 0 Å². The Hall–Kier alpha value is -0.840. The molecule has 1 aliphatic heterocycles. The minimum atomic E-state index is 0. The maximum Gasteiger partial charge on any atom is 0.225 e. The van der Waals surface area contributed by atoms with Crippen molar-refractivity contribution in [3.63, 3.8) is 0 Å². The van der Waals surface area contributed by atoms with Gasteiger partial charge in [0.15, 0.2) is 0 Å². The number of aryl methyl sites for hydroxylation is 1. The number of amides is 1. The summed E-state index contributed by atoms with van der Waals surface area (Å²) in [6.07, 6.45) is 4.54. The Labute approximate surface area is 120 Å². The summed E-state index contributed by atoms with van der Waals surface area (Å²) in [6, 6.07) is 4.05. The minimum Gasteiger partial charge on any atom is -0.324 e. The van der Waals surface area contributed by atoms with Crippen LogP contribution in [0.3, 0.4) is 0 Å². The van der Waals surface area contributed by atoms with Gasteiger partial charge in [-0.2, -0.15) is 0 Å². The second-order valence-corrected chi connectivity index (χ2v) is 4.18. The highest BCUT2D eigenvalue weighted by Gasteiger charge is 2.17. The molecule has 1 aromatic heterocycles. The van der Waals surface area contributed by atoms with E-state index in [0.717, 1.165) is 24.3 Å². The summed E-state index contributed by atoms with van der Waals surface area (Å²) in [4.78, 5) is 15.9. The van der Waals surface area contributed by atoms with Crippen molar-refractivity contribution in [3.8, 4) is 0 Å². The number of carbonyl (C=O) groups is 1. The van der Waals surface area contributed by atoms with Gasteiger partial charge in [0.1, 0.15) is 0 Å². The summed E-state index contributed by atoms with van der Waals surface area (Å²) in [5.74, 6) is 0.0653. The Morgan fingerprint density at radius 2 is 2.33 bits per heavy atom. The van der Waals surface area contributed by atoms with Crippen LogP contribution in [0.15, 0.2) is 18.3 Å². The van der Waals surface area contributed by atoms with Gasteiger partial charge in [0.05, 0.1) is 11.4 Å². The molecule has 18 heavy (non-hydrogen) atoms. The summed E-state index contributed by atoms with van der Waals surface area (Å²) < 4.78 is 0. The molecule has 2 N–H and O–H groups in total. The van der Waals surface area contributed by atoms with Crippen LogP contribution in [0.1, 0.15) is 25.0 Å². The molecule has 1 unspecified atom stereocenters. The predicted octanol–water partition coefficient (Wildman–Crippen LogP) is 2.31. The normalized spacial score (nSPS) is 17.5. The molecule has 4 nitrogen and oxygen atoms in total. The summed E-state index contributed by atoms with van der Waals surface area (Å²) in [5, 5.41) is 6.21. The average molecular weight is 292 g/mol. The minimum absolute atomic E-state index is 0. The van der Waals surface area contributed by atoms with Crippen molar-refractivity contribution >= 4 is 36.4 Å². The smallest absolute Gasteiger partial charge is 0.225 e. The van der Waals surface area contributed by atoms with E-state index in [4.69, 9.17) is 0 Å². The van der Waals surface area contributed by atoms with E-state index in [1.54, 1.807) is 6.20 Å². The number of nitrogens with one attached hydrogen (secondary N) is 2. The first-order chi connectivity index (χ1) is 7.75. The second kappa shape index (κ2) is 8.29. The summed E-state index contributed by atoms with van der Waals surface area (Å²) >= 11 is 0. The molecule has 1 aromatic rings. The van der Waals surface area contributed by atoms with Gasteiger partial charge in [0.2, 0.25) is 5.91 Å². The van der Waals surface area contributed by atoms with Crippen molar-refractivity contribution in [2.24, 2.45) is 0 Å². The lowest BCUT2D eigenvalue weighted by Crippen LogP contribution is -2.27. The molecule has 1 saturated heterocycles. The number of carbonyl (C=O) groups excluding carboxylic acids is 1. The zero-order valence-corrected chi connectivity index (χ0v) is 11.9. The van der Waals surface area contributed by atoms with Crippen LogP contribution in [0.2, 0.25) is 0 Å². The number of anilines is 1. The maximum atomic E-state index is 11.7. The van der Waals surface area contributed by atoms with E-state index in [1.807, 2.05) is 19.1 Å². The van der Waals surface area contributed by atoms with Crippen molar-refractivity contribution in [1.29, 1.82) is 0 Å². The average Bonchev–Trinajstić information content (AvgIpc) is 2.74. The highest BCUT2D eigenvalue weighted by molar-refractivity contribution is 5.91. The van der Waals surface area contributed by atoms with Gasteiger partial charge in [-0.25, -0.2) is 0 Å². The summed E-state index contributed by atoms with van der Waals surface area (Å²) in [7, 11) is 0. The van der Waals surface area contributed by atoms with Crippen molar-refractivity contribution in [1.82, 2.24) is 10.3 Å². The lowest BCUT2D eigenvalue weighted by molar-refractivity contribution is -0.116. The zero-order valence-electron chi connectivity index (χ0n) is 10.3. The zero-order chi connectivity index (χ0) is 11.4. The second-order valence-electron chi connectivity index (χ2n) is 4.18. The molecule has 0 aromatic carbocycles. The summed E-state index contributed by atoms with van der Waals surface area (Å²) in [5.41, 5.74) is 1.67. The van der Waals surface area contributed by atoms with Crippen LogP contribution >= 0.6 is 24.8 Å². The van der Waals surface area contributed by atoms with E-state index in [-0.39, 0.29) is 30.7 Å². The highest BCUT2D eigenvalue weighted by Crippen LogP contribution is 2.13. The largest absolute Gasteiger partial charge is 0.324 e. The van der Waals surface area contributed by atoms with Gasteiger partial charge in [-0.05, 0) is 38.4 Å². The highest BCUT2D eigenvalue weighted by atomic mass is 35.5. The van der Waals surface area contributed by atoms with Crippen LogP contribution < -0.4 is 10.6 Å². The first-order valence-electron chi connectivity index (χ1n) is 5.70. The molecule has 0 saturated carbocycles. The van der Waals surface area contributed by atoms with Crippen LogP contribution in [0.4, 0.5) is 5.69 Å². The fraction of sp³-hybridized carbons (Fsp3) is 0.500. The molecule has 0 radical (unpaired) electrons. The number of hydrogen-bond donors (Lipinski definition) is 2. The molecule has 2 rings (SSSR count). The SMILES string of the molecule is Cc1ncccc1NC(=O)CC1CCCN1.Cl.Cl. The fourth-order valence-electron chi connectivity index (χ4n) is 1.97. The lowest BCUT2D eigenvalue weighted by atomic mass is 10.1. The van der Waals surface area contributed by atoms with E-state index >= 15 is 0 Å². The number of nitrogens with zero attached hydrogens (tertiary/aromatic N) is 1. The van der Waals surface area contributed by atoms with Crippen LogP contribution in [0, 0.1) is 6.92 Å². The monoisotopic (exact) mass is 291 g/mol. The van der Waals surface area contributed by atoms with Crippen molar-refractivity contribution in [2.45, 2.75) is 32.2 Å². The van der Waals surface area contributed by atoms with Gasteiger partial charge in [0.25, 0.3) is 0 Å². The molecule has 1 atom stereocenters. The van der Waals surface area contributed by atoms with Crippen LogP contribution in [-0.2, 0) is 4.79 Å². The van der Waals surface area contributed by atoms with E-state index in [2.05, 4.69) is 15.6 Å². The molecule has 0 aliphatic carbocycles.